The van der Waals surface area contributed by atoms with Gasteiger partial charge in [-0.2, -0.15) is 17.7 Å². The molecule has 1 amide bonds. The zero-order valence-corrected chi connectivity index (χ0v) is 9.95. The van der Waals surface area contributed by atoms with E-state index in [1.807, 2.05) is 18.2 Å². The van der Waals surface area contributed by atoms with Crippen LogP contribution in [0.5, 0.6) is 0 Å². The van der Waals surface area contributed by atoms with Crippen LogP contribution in [0, 0.1) is 0 Å². The molecule has 0 radical (unpaired) electrons. The third kappa shape index (κ3) is 2.85. The topological polar surface area (TPSA) is 70.7 Å². The number of anilines is 1. The van der Waals surface area contributed by atoms with Crippen molar-refractivity contribution in [2.45, 2.75) is 6.42 Å². The number of pyridine rings is 1. The summed E-state index contributed by atoms with van der Waals surface area (Å²) in [5.74, 6) is 0.432. The van der Waals surface area contributed by atoms with Gasteiger partial charge in [0, 0.05) is 12.6 Å². The van der Waals surface area contributed by atoms with Crippen LogP contribution in [0.25, 0.3) is 11.4 Å². The average Bonchev–Trinajstić information content (AvgIpc) is 2.78. The molecule has 0 aliphatic rings. The van der Waals surface area contributed by atoms with Gasteiger partial charge in [-0.1, -0.05) is 6.07 Å². The summed E-state index contributed by atoms with van der Waals surface area (Å²) >= 11 is 4.01. The monoisotopic (exact) mass is 248 g/mol. The molecule has 0 spiro atoms. The van der Waals surface area contributed by atoms with E-state index in [1.54, 1.807) is 12.4 Å². The fraction of sp³-hybridized carbons (Fsp3) is 0.182. The van der Waals surface area contributed by atoms with Gasteiger partial charge in [0.2, 0.25) is 5.91 Å². The van der Waals surface area contributed by atoms with E-state index in [0.29, 0.717) is 23.6 Å². The molecule has 0 aliphatic heterocycles. The molecule has 0 aliphatic carbocycles. The zero-order valence-electron chi connectivity index (χ0n) is 9.05. The Bertz CT molecular complexity index is 497. The second kappa shape index (κ2) is 5.49. The first-order valence-electron chi connectivity index (χ1n) is 5.16. The van der Waals surface area contributed by atoms with Crippen LogP contribution in [0.1, 0.15) is 6.42 Å². The van der Waals surface area contributed by atoms with Crippen molar-refractivity contribution in [1.82, 2.24) is 15.2 Å². The quantitative estimate of drug-likeness (QED) is 0.722. The van der Waals surface area contributed by atoms with Crippen LogP contribution in [0.4, 0.5) is 5.69 Å². The first kappa shape index (κ1) is 11.7. The Labute approximate surface area is 104 Å². The Kier molecular flexibility index (Phi) is 3.77. The lowest BCUT2D eigenvalue weighted by Gasteiger charge is -2.04. The summed E-state index contributed by atoms with van der Waals surface area (Å²) in [7, 11) is 0. The standard InChI is InChI=1S/C11H12N4OS/c16-10(4-6-17)14-9-7-13-15-11(9)8-3-1-2-5-12-8/h1-3,5,7,17H,4,6H2,(H,13,15)(H,14,16). The van der Waals surface area contributed by atoms with Gasteiger partial charge < -0.3 is 5.32 Å². The van der Waals surface area contributed by atoms with Crippen molar-refractivity contribution < 1.29 is 4.79 Å². The normalized spacial score (nSPS) is 10.2. The molecule has 0 bridgehead atoms. The van der Waals surface area contributed by atoms with E-state index >= 15 is 0 Å². The molecule has 17 heavy (non-hydrogen) atoms. The number of aromatic nitrogens is 3. The van der Waals surface area contributed by atoms with Crippen molar-refractivity contribution in [2.75, 3.05) is 11.1 Å². The van der Waals surface area contributed by atoms with Gasteiger partial charge in [-0.3, -0.25) is 14.9 Å². The maximum Gasteiger partial charge on any atom is 0.225 e. The Morgan fingerprint density at radius 1 is 1.47 bits per heavy atom. The van der Waals surface area contributed by atoms with Crippen LogP contribution in [0.15, 0.2) is 30.6 Å². The van der Waals surface area contributed by atoms with E-state index in [4.69, 9.17) is 0 Å². The van der Waals surface area contributed by atoms with Gasteiger partial charge in [0.1, 0.15) is 5.69 Å². The van der Waals surface area contributed by atoms with Crippen molar-refractivity contribution in [3.63, 3.8) is 0 Å². The summed E-state index contributed by atoms with van der Waals surface area (Å²) in [6.45, 7) is 0. The van der Waals surface area contributed by atoms with Crippen molar-refractivity contribution in [3.8, 4) is 11.4 Å². The summed E-state index contributed by atoms with van der Waals surface area (Å²) in [5.41, 5.74) is 2.08. The van der Waals surface area contributed by atoms with Crippen LogP contribution in [-0.4, -0.2) is 26.8 Å². The number of nitrogens with zero attached hydrogens (tertiary/aromatic N) is 2. The van der Waals surface area contributed by atoms with E-state index in [-0.39, 0.29) is 5.91 Å². The summed E-state index contributed by atoms with van der Waals surface area (Å²) in [6.07, 6.45) is 3.63. The molecule has 2 rings (SSSR count). The van der Waals surface area contributed by atoms with Crippen LogP contribution >= 0.6 is 12.6 Å². The number of rotatable bonds is 4. The van der Waals surface area contributed by atoms with Crippen LogP contribution in [0.3, 0.4) is 0 Å². The molecule has 0 atom stereocenters. The summed E-state index contributed by atoms with van der Waals surface area (Å²) in [6, 6.07) is 5.56. The van der Waals surface area contributed by atoms with E-state index in [0.717, 1.165) is 5.69 Å². The maximum atomic E-state index is 11.5. The van der Waals surface area contributed by atoms with E-state index < -0.39 is 0 Å². The summed E-state index contributed by atoms with van der Waals surface area (Å²) in [4.78, 5) is 15.7. The summed E-state index contributed by atoms with van der Waals surface area (Å²) in [5, 5.41) is 9.50. The lowest BCUT2D eigenvalue weighted by Crippen LogP contribution is -2.11. The molecular formula is C11H12N4OS. The Morgan fingerprint density at radius 3 is 3.06 bits per heavy atom. The van der Waals surface area contributed by atoms with Crippen molar-refractivity contribution >= 4 is 24.2 Å². The number of nitrogens with one attached hydrogen (secondary N) is 2. The van der Waals surface area contributed by atoms with Gasteiger partial charge in [-0.15, -0.1) is 0 Å². The van der Waals surface area contributed by atoms with E-state index in [2.05, 4.69) is 33.1 Å². The number of carbonyl (C=O) groups is 1. The van der Waals surface area contributed by atoms with Gasteiger partial charge >= 0.3 is 0 Å². The predicted molar refractivity (Wildman–Crippen MR) is 68.9 cm³/mol. The van der Waals surface area contributed by atoms with E-state index in [9.17, 15) is 4.79 Å². The second-order valence-corrected chi connectivity index (χ2v) is 3.84. The van der Waals surface area contributed by atoms with E-state index in [1.165, 1.54) is 0 Å². The highest BCUT2D eigenvalue weighted by Gasteiger charge is 2.10. The minimum Gasteiger partial charge on any atom is -0.323 e. The number of amides is 1. The molecule has 0 aromatic carbocycles. The molecule has 0 saturated heterocycles. The fourth-order valence-electron chi connectivity index (χ4n) is 1.40. The Morgan fingerprint density at radius 2 is 2.35 bits per heavy atom. The van der Waals surface area contributed by atoms with Crippen molar-refractivity contribution in [2.24, 2.45) is 0 Å². The number of H-pyrrole nitrogens is 1. The highest BCUT2D eigenvalue weighted by Crippen LogP contribution is 2.22. The number of hydrogen-bond acceptors (Lipinski definition) is 4. The first-order chi connectivity index (χ1) is 8.31. The van der Waals surface area contributed by atoms with Gasteiger partial charge in [0.25, 0.3) is 0 Å². The van der Waals surface area contributed by atoms with Crippen LogP contribution in [0.2, 0.25) is 0 Å². The lowest BCUT2D eigenvalue weighted by atomic mass is 10.2. The van der Waals surface area contributed by atoms with Crippen molar-refractivity contribution in [3.05, 3.63) is 30.6 Å². The largest absolute Gasteiger partial charge is 0.323 e. The van der Waals surface area contributed by atoms with Gasteiger partial charge in [-0.25, -0.2) is 0 Å². The highest BCUT2D eigenvalue weighted by atomic mass is 32.1. The molecule has 6 heteroatoms. The number of thiol groups is 1. The Hall–Kier alpha value is -1.82. The molecule has 0 saturated carbocycles. The molecule has 0 fully saturated rings. The molecule has 5 nitrogen and oxygen atoms in total. The van der Waals surface area contributed by atoms with Gasteiger partial charge in [0.15, 0.2) is 0 Å². The molecule has 2 heterocycles. The smallest absolute Gasteiger partial charge is 0.225 e. The molecule has 0 unspecified atom stereocenters. The fourth-order valence-corrected chi connectivity index (χ4v) is 1.60. The molecular weight excluding hydrogens is 236 g/mol. The third-order valence-corrected chi connectivity index (χ3v) is 2.40. The molecule has 2 N–H and O–H groups in total. The highest BCUT2D eigenvalue weighted by molar-refractivity contribution is 7.80. The second-order valence-electron chi connectivity index (χ2n) is 3.40. The predicted octanol–water partition coefficient (Wildman–Crippen LogP) is 1.73. The Balaban J connectivity index is 2.20. The number of aromatic amines is 1. The molecule has 2 aromatic rings. The molecule has 88 valence electrons. The number of hydrogen-bond donors (Lipinski definition) is 3. The first-order valence-corrected chi connectivity index (χ1v) is 5.80. The van der Waals surface area contributed by atoms with Crippen molar-refractivity contribution in [1.29, 1.82) is 0 Å². The lowest BCUT2D eigenvalue weighted by molar-refractivity contribution is -0.115. The van der Waals surface area contributed by atoms with Crippen LogP contribution < -0.4 is 5.32 Å². The minimum absolute atomic E-state index is 0.0846. The average molecular weight is 248 g/mol. The maximum absolute atomic E-state index is 11.5. The third-order valence-electron chi connectivity index (χ3n) is 2.17. The minimum atomic E-state index is -0.0846. The number of carbonyl (C=O) groups excluding carboxylic acids is 1. The van der Waals surface area contributed by atoms with Crippen LogP contribution in [-0.2, 0) is 4.79 Å². The van der Waals surface area contributed by atoms with Gasteiger partial charge in [-0.05, 0) is 17.9 Å². The SMILES string of the molecule is O=C(CCS)Nc1cn[nH]c1-c1ccccn1. The van der Waals surface area contributed by atoms with Gasteiger partial charge in [0.05, 0.1) is 17.6 Å². The zero-order chi connectivity index (χ0) is 12.1. The molecule has 2 aromatic heterocycles. The summed E-state index contributed by atoms with van der Waals surface area (Å²) < 4.78 is 0.